The Hall–Kier alpha value is -2.13. The molecule has 4 aliphatic rings. The van der Waals surface area contributed by atoms with Crippen LogP contribution in [0.3, 0.4) is 0 Å². The van der Waals surface area contributed by atoms with Crippen LogP contribution < -0.4 is 0 Å². The van der Waals surface area contributed by atoms with Gasteiger partial charge in [-0.05, 0) is 67.5 Å². The second-order valence-corrected chi connectivity index (χ2v) is 10.3. The lowest BCUT2D eigenvalue weighted by atomic mass is 9.63. The molecule has 158 valence electrons. The van der Waals surface area contributed by atoms with Crippen LogP contribution in [0.4, 0.5) is 0 Å². The molecule has 0 N–H and O–H groups in total. The fourth-order valence-electron chi connectivity index (χ4n) is 7.14. The van der Waals surface area contributed by atoms with Crippen molar-refractivity contribution in [1.29, 1.82) is 0 Å². The summed E-state index contributed by atoms with van der Waals surface area (Å²) in [5.41, 5.74) is 2.93. The van der Waals surface area contributed by atoms with E-state index in [-0.39, 0.29) is 10.8 Å². The Bertz CT molecular complexity index is 898. The van der Waals surface area contributed by atoms with Crippen LogP contribution in [0.15, 0.2) is 60.7 Å². The molecule has 2 aromatic rings. The molecule has 4 saturated carbocycles. The number of nitrogens with zero attached hydrogens (tertiary/aromatic N) is 2. The largest absolute Gasteiger partial charge is 0.344 e. The molecule has 0 aliphatic heterocycles. The molecule has 4 atom stereocenters. The highest BCUT2D eigenvalue weighted by Gasteiger charge is 2.67. The first-order chi connectivity index (χ1) is 14.5. The normalized spacial score (nSPS) is 31.4. The van der Waals surface area contributed by atoms with Crippen LogP contribution >= 0.6 is 0 Å². The zero-order chi connectivity index (χ0) is 20.8. The Labute approximate surface area is 181 Å². The van der Waals surface area contributed by atoms with Crippen LogP contribution in [0.2, 0.25) is 0 Å². The van der Waals surface area contributed by atoms with Gasteiger partial charge in [-0.1, -0.05) is 60.7 Å². The van der Waals surface area contributed by atoms with E-state index in [0.29, 0.717) is 11.8 Å². The summed E-state index contributed by atoms with van der Waals surface area (Å²) < 4.78 is 0. The van der Waals surface area contributed by atoms with Crippen molar-refractivity contribution in [2.24, 2.45) is 17.3 Å². The van der Waals surface area contributed by atoms with Crippen LogP contribution in [0.1, 0.15) is 43.2 Å². The van der Waals surface area contributed by atoms with Gasteiger partial charge in [0.25, 0.3) is 0 Å². The maximum atomic E-state index is 13.8. The van der Waals surface area contributed by atoms with Crippen LogP contribution in [0, 0.1) is 17.3 Å². The average Bonchev–Trinajstić information content (AvgIpc) is 3.16. The van der Waals surface area contributed by atoms with E-state index < -0.39 is 0 Å². The van der Waals surface area contributed by atoms with Crippen molar-refractivity contribution in [2.75, 3.05) is 27.2 Å². The Balaban J connectivity index is 1.26. The summed E-state index contributed by atoms with van der Waals surface area (Å²) in [4.78, 5) is 18.1. The molecule has 0 aromatic heterocycles. The first kappa shape index (κ1) is 19.8. The minimum Gasteiger partial charge on any atom is -0.344 e. The van der Waals surface area contributed by atoms with Gasteiger partial charge in [0, 0.05) is 26.7 Å². The van der Waals surface area contributed by atoms with Crippen LogP contribution in [0.5, 0.6) is 0 Å². The van der Waals surface area contributed by atoms with Gasteiger partial charge in [0.05, 0.1) is 5.41 Å². The first-order valence-corrected chi connectivity index (χ1v) is 11.5. The van der Waals surface area contributed by atoms with Crippen LogP contribution in [0.25, 0.3) is 0 Å². The average molecular weight is 403 g/mol. The zero-order valence-electron chi connectivity index (χ0n) is 18.4. The molecule has 0 saturated heterocycles. The minimum absolute atomic E-state index is 0.106. The summed E-state index contributed by atoms with van der Waals surface area (Å²) in [7, 11) is 4.18. The quantitative estimate of drug-likeness (QED) is 0.669. The predicted octanol–water partition coefficient (Wildman–Crippen LogP) is 4.72. The molecule has 30 heavy (non-hydrogen) atoms. The molecule has 3 nitrogen and oxygen atoms in total. The van der Waals surface area contributed by atoms with Gasteiger partial charge in [-0.25, -0.2) is 0 Å². The number of hydrogen-bond acceptors (Lipinski definition) is 2. The molecule has 4 fully saturated rings. The third-order valence-corrected chi connectivity index (χ3v) is 8.29. The van der Waals surface area contributed by atoms with Gasteiger partial charge in [-0.2, -0.15) is 0 Å². The van der Waals surface area contributed by atoms with Crippen molar-refractivity contribution in [3.63, 3.8) is 0 Å². The van der Waals surface area contributed by atoms with Crippen molar-refractivity contribution >= 4 is 5.91 Å². The van der Waals surface area contributed by atoms with Crippen molar-refractivity contribution in [1.82, 2.24) is 9.80 Å². The Morgan fingerprint density at radius 2 is 1.63 bits per heavy atom. The van der Waals surface area contributed by atoms with Gasteiger partial charge >= 0.3 is 0 Å². The van der Waals surface area contributed by atoms with Gasteiger partial charge in [0.1, 0.15) is 0 Å². The maximum absolute atomic E-state index is 13.8. The third-order valence-electron chi connectivity index (χ3n) is 8.29. The summed E-state index contributed by atoms with van der Waals surface area (Å²) >= 11 is 0. The van der Waals surface area contributed by atoms with Crippen LogP contribution in [-0.2, 0) is 16.8 Å². The molecule has 4 aliphatic carbocycles. The highest BCUT2D eigenvalue weighted by Crippen LogP contribution is 2.71. The molecular formula is C27H34N2O. The lowest BCUT2D eigenvalue weighted by molar-refractivity contribution is -0.143. The molecule has 6 rings (SSSR count). The van der Waals surface area contributed by atoms with E-state index in [2.05, 4.69) is 72.6 Å². The minimum atomic E-state index is -0.106. The van der Waals surface area contributed by atoms with Gasteiger partial charge in [-0.15, -0.1) is 0 Å². The predicted molar refractivity (Wildman–Crippen MR) is 121 cm³/mol. The number of carbonyl (C=O) groups excluding carboxylic acids is 1. The molecule has 4 unspecified atom stereocenters. The fraction of sp³-hybridized carbons (Fsp3) is 0.519. The highest BCUT2D eigenvalue weighted by molar-refractivity contribution is 5.84. The molecule has 0 radical (unpaired) electrons. The van der Waals surface area contributed by atoms with E-state index in [1.54, 1.807) is 0 Å². The highest BCUT2D eigenvalue weighted by atomic mass is 16.2. The summed E-state index contributed by atoms with van der Waals surface area (Å²) in [6.45, 7) is 2.64. The molecule has 4 bridgehead atoms. The summed E-state index contributed by atoms with van der Waals surface area (Å²) in [6, 6.07) is 21.6. The number of hydrogen-bond donors (Lipinski definition) is 0. The van der Waals surface area contributed by atoms with Gasteiger partial charge in [0.15, 0.2) is 0 Å². The van der Waals surface area contributed by atoms with Gasteiger partial charge in [0.2, 0.25) is 5.91 Å². The Kier molecular flexibility index (Phi) is 4.97. The number of carbonyl (C=O) groups is 1. The Morgan fingerprint density at radius 3 is 2.37 bits per heavy atom. The lowest BCUT2D eigenvalue weighted by Gasteiger charge is -2.42. The van der Waals surface area contributed by atoms with Gasteiger partial charge in [-0.3, -0.25) is 4.79 Å². The standard InChI is InChI=1S/C27H34N2O/c1-28(19-21-9-5-3-6-10-21)13-14-29(2)25(30)27-17-22-15-24(27)18-26(16-22,20-27)23-11-7-4-8-12-23/h3-12,22,24H,13-20H2,1-2H3. The molecule has 3 heteroatoms. The van der Waals surface area contributed by atoms with E-state index in [1.807, 2.05) is 11.9 Å². The number of likely N-dealkylation sites (N-methyl/N-ethyl adjacent to an activating group) is 2. The molecule has 0 spiro atoms. The third kappa shape index (κ3) is 3.28. The van der Waals surface area contributed by atoms with E-state index in [9.17, 15) is 4.79 Å². The van der Waals surface area contributed by atoms with E-state index >= 15 is 0 Å². The van der Waals surface area contributed by atoms with Crippen molar-refractivity contribution in [2.45, 2.75) is 44.1 Å². The van der Waals surface area contributed by atoms with Gasteiger partial charge < -0.3 is 9.80 Å². The van der Waals surface area contributed by atoms with Crippen molar-refractivity contribution in [3.05, 3.63) is 71.8 Å². The molecule has 2 aromatic carbocycles. The molecule has 1 amide bonds. The summed E-state index contributed by atoms with van der Waals surface area (Å²) in [5.74, 6) is 1.73. The maximum Gasteiger partial charge on any atom is 0.228 e. The number of amides is 1. The lowest BCUT2D eigenvalue weighted by Crippen LogP contribution is -2.46. The topological polar surface area (TPSA) is 23.6 Å². The summed E-state index contributed by atoms with van der Waals surface area (Å²) in [6.07, 6.45) is 5.94. The first-order valence-electron chi connectivity index (χ1n) is 11.5. The fourth-order valence-corrected chi connectivity index (χ4v) is 7.14. The molecular weight excluding hydrogens is 368 g/mol. The SMILES string of the molecule is CN(CCN(C)C(=O)C12CC3CC1CC(c1ccccc1)(C3)C2)Cc1ccccc1. The Morgan fingerprint density at radius 1 is 0.933 bits per heavy atom. The smallest absolute Gasteiger partial charge is 0.228 e. The zero-order valence-corrected chi connectivity index (χ0v) is 18.4. The molecule has 0 heterocycles. The van der Waals surface area contributed by atoms with E-state index in [0.717, 1.165) is 38.4 Å². The second kappa shape index (κ2) is 7.53. The van der Waals surface area contributed by atoms with E-state index in [4.69, 9.17) is 0 Å². The van der Waals surface area contributed by atoms with Crippen molar-refractivity contribution < 1.29 is 4.79 Å². The van der Waals surface area contributed by atoms with E-state index in [1.165, 1.54) is 30.4 Å². The summed E-state index contributed by atoms with van der Waals surface area (Å²) in [5, 5.41) is 0. The second-order valence-electron chi connectivity index (χ2n) is 10.3. The number of rotatable bonds is 7. The number of benzene rings is 2. The van der Waals surface area contributed by atoms with Crippen LogP contribution in [-0.4, -0.2) is 42.9 Å². The van der Waals surface area contributed by atoms with Crippen molar-refractivity contribution in [3.8, 4) is 0 Å². The monoisotopic (exact) mass is 402 g/mol.